The highest BCUT2D eigenvalue weighted by Gasteiger charge is 2.16. The standard InChI is InChI=1S/C14H21BrClNO2S/c1-3-17-14(6-5-9-20(18,19)4-2)12-10-11(16)7-8-13(12)15/h7-8,10,14,17H,3-6,9H2,1-2H3. The minimum absolute atomic E-state index is 0.111. The van der Waals surface area contributed by atoms with Crippen LogP contribution in [0.5, 0.6) is 0 Å². The summed E-state index contributed by atoms with van der Waals surface area (Å²) in [4.78, 5) is 0. The van der Waals surface area contributed by atoms with Crippen LogP contribution in [0.25, 0.3) is 0 Å². The van der Waals surface area contributed by atoms with Crippen LogP contribution in [-0.2, 0) is 9.84 Å². The predicted octanol–water partition coefficient (Wildman–Crippen LogP) is 3.97. The van der Waals surface area contributed by atoms with E-state index in [1.54, 1.807) is 6.92 Å². The Hall–Kier alpha value is -0.100. The van der Waals surface area contributed by atoms with Crippen LogP contribution in [-0.4, -0.2) is 26.5 Å². The van der Waals surface area contributed by atoms with E-state index in [0.29, 0.717) is 11.4 Å². The third-order valence-electron chi connectivity index (χ3n) is 3.17. The molecule has 0 aliphatic rings. The second kappa shape index (κ2) is 8.37. The second-order valence-electron chi connectivity index (χ2n) is 4.65. The molecule has 0 amide bonds. The van der Waals surface area contributed by atoms with Gasteiger partial charge in [-0.05, 0) is 43.1 Å². The fourth-order valence-electron chi connectivity index (χ4n) is 2.05. The first-order valence-electron chi connectivity index (χ1n) is 6.78. The van der Waals surface area contributed by atoms with Crippen molar-refractivity contribution in [2.75, 3.05) is 18.1 Å². The Morgan fingerprint density at radius 1 is 1.35 bits per heavy atom. The van der Waals surface area contributed by atoms with Crippen molar-refractivity contribution in [1.82, 2.24) is 5.32 Å². The van der Waals surface area contributed by atoms with Crippen molar-refractivity contribution in [3.8, 4) is 0 Å². The molecule has 0 saturated heterocycles. The van der Waals surface area contributed by atoms with Crippen LogP contribution in [0.3, 0.4) is 0 Å². The summed E-state index contributed by atoms with van der Waals surface area (Å²) in [5, 5.41) is 4.08. The first-order chi connectivity index (χ1) is 9.39. The molecule has 3 nitrogen and oxygen atoms in total. The highest BCUT2D eigenvalue weighted by Crippen LogP contribution is 2.29. The highest BCUT2D eigenvalue weighted by molar-refractivity contribution is 9.10. The molecule has 1 unspecified atom stereocenters. The van der Waals surface area contributed by atoms with Gasteiger partial charge in [-0.1, -0.05) is 41.4 Å². The minimum Gasteiger partial charge on any atom is -0.310 e. The molecule has 114 valence electrons. The summed E-state index contributed by atoms with van der Waals surface area (Å²) in [6, 6.07) is 5.79. The van der Waals surface area contributed by atoms with Crippen LogP contribution in [0.2, 0.25) is 5.02 Å². The van der Waals surface area contributed by atoms with E-state index in [0.717, 1.165) is 23.0 Å². The summed E-state index contributed by atoms with van der Waals surface area (Å²) in [5.41, 5.74) is 1.08. The average molecular weight is 383 g/mol. The Balaban J connectivity index is 2.76. The molecule has 0 aliphatic heterocycles. The van der Waals surface area contributed by atoms with Gasteiger partial charge in [0.25, 0.3) is 0 Å². The summed E-state index contributed by atoms with van der Waals surface area (Å²) < 4.78 is 24.1. The van der Waals surface area contributed by atoms with Crippen molar-refractivity contribution in [3.05, 3.63) is 33.3 Å². The van der Waals surface area contributed by atoms with Crippen LogP contribution in [0.4, 0.5) is 0 Å². The number of benzene rings is 1. The molecule has 20 heavy (non-hydrogen) atoms. The largest absolute Gasteiger partial charge is 0.310 e. The molecular weight excluding hydrogens is 362 g/mol. The zero-order valence-electron chi connectivity index (χ0n) is 11.8. The molecule has 1 atom stereocenters. The van der Waals surface area contributed by atoms with Gasteiger partial charge in [0.1, 0.15) is 9.84 Å². The first-order valence-corrected chi connectivity index (χ1v) is 9.77. The van der Waals surface area contributed by atoms with Gasteiger partial charge < -0.3 is 5.32 Å². The number of hydrogen-bond donors (Lipinski definition) is 1. The maximum Gasteiger partial charge on any atom is 0.150 e. The lowest BCUT2D eigenvalue weighted by Crippen LogP contribution is -2.22. The van der Waals surface area contributed by atoms with Gasteiger partial charge >= 0.3 is 0 Å². The number of hydrogen-bond acceptors (Lipinski definition) is 3. The molecule has 0 bridgehead atoms. The summed E-state index contributed by atoms with van der Waals surface area (Å²) >= 11 is 9.57. The maximum absolute atomic E-state index is 11.5. The van der Waals surface area contributed by atoms with Crippen LogP contribution >= 0.6 is 27.5 Å². The number of sulfone groups is 1. The molecule has 0 aliphatic carbocycles. The van der Waals surface area contributed by atoms with Gasteiger partial charge in [0.15, 0.2) is 0 Å². The smallest absolute Gasteiger partial charge is 0.150 e. The molecule has 0 aromatic heterocycles. The van der Waals surface area contributed by atoms with E-state index in [-0.39, 0.29) is 17.5 Å². The lowest BCUT2D eigenvalue weighted by Gasteiger charge is -2.20. The molecule has 0 saturated carbocycles. The molecule has 1 rings (SSSR count). The molecule has 0 fully saturated rings. The minimum atomic E-state index is -2.90. The van der Waals surface area contributed by atoms with Gasteiger partial charge in [-0.2, -0.15) is 0 Å². The van der Waals surface area contributed by atoms with E-state index < -0.39 is 9.84 Å². The van der Waals surface area contributed by atoms with Crippen LogP contribution in [0.1, 0.15) is 38.3 Å². The topological polar surface area (TPSA) is 46.2 Å². The monoisotopic (exact) mass is 381 g/mol. The van der Waals surface area contributed by atoms with Crippen LogP contribution in [0, 0.1) is 0 Å². The average Bonchev–Trinajstić information content (AvgIpc) is 2.40. The molecular formula is C14H21BrClNO2S. The summed E-state index contributed by atoms with van der Waals surface area (Å²) in [6.45, 7) is 4.54. The van der Waals surface area contributed by atoms with Crippen molar-refractivity contribution in [2.24, 2.45) is 0 Å². The van der Waals surface area contributed by atoms with E-state index in [2.05, 4.69) is 21.2 Å². The molecule has 0 spiro atoms. The van der Waals surface area contributed by atoms with E-state index in [4.69, 9.17) is 11.6 Å². The van der Waals surface area contributed by atoms with Gasteiger partial charge in [0.2, 0.25) is 0 Å². The van der Waals surface area contributed by atoms with E-state index in [1.807, 2.05) is 25.1 Å². The molecule has 0 heterocycles. The normalized spacial score (nSPS) is 13.4. The number of rotatable bonds is 8. The lowest BCUT2D eigenvalue weighted by molar-refractivity contribution is 0.505. The van der Waals surface area contributed by atoms with Gasteiger partial charge in [-0.3, -0.25) is 0 Å². The Labute approximate surface area is 135 Å². The van der Waals surface area contributed by atoms with Crippen molar-refractivity contribution >= 4 is 37.4 Å². The Morgan fingerprint density at radius 2 is 2.05 bits per heavy atom. The Kier molecular flexibility index (Phi) is 7.51. The maximum atomic E-state index is 11.5. The highest BCUT2D eigenvalue weighted by atomic mass is 79.9. The second-order valence-corrected chi connectivity index (χ2v) is 8.42. The molecule has 1 aromatic rings. The number of halogens is 2. The zero-order valence-corrected chi connectivity index (χ0v) is 15.0. The summed E-state index contributed by atoms with van der Waals surface area (Å²) in [6.07, 6.45) is 1.42. The van der Waals surface area contributed by atoms with Gasteiger partial charge in [-0.25, -0.2) is 8.42 Å². The van der Waals surface area contributed by atoms with Crippen LogP contribution < -0.4 is 5.32 Å². The Bertz CT molecular complexity index is 534. The zero-order chi connectivity index (χ0) is 15.2. The number of nitrogens with one attached hydrogen (secondary N) is 1. The quantitative estimate of drug-likeness (QED) is 0.740. The van der Waals surface area contributed by atoms with Crippen molar-refractivity contribution in [2.45, 2.75) is 32.7 Å². The van der Waals surface area contributed by atoms with Gasteiger partial charge in [-0.15, -0.1) is 0 Å². The van der Waals surface area contributed by atoms with Crippen molar-refractivity contribution < 1.29 is 8.42 Å². The molecule has 6 heteroatoms. The third kappa shape index (κ3) is 5.72. The van der Waals surface area contributed by atoms with Crippen LogP contribution in [0.15, 0.2) is 22.7 Å². The summed E-state index contributed by atoms with van der Waals surface area (Å²) in [5.74, 6) is 0.448. The fraction of sp³-hybridized carbons (Fsp3) is 0.571. The molecule has 0 radical (unpaired) electrons. The first kappa shape index (κ1) is 18.0. The van der Waals surface area contributed by atoms with E-state index in [9.17, 15) is 8.42 Å². The molecule has 1 N–H and O–H groups in total. The van der Waals surface area contributed by atoms with E-state index >= 15 is 0 Å². The van der Waals surface area contributed by atoms with Gasteiger partial charge in [0, 0.05) is 21.3 Å². The SMILES string of the molecule is CCNC(CCCS(=O)(=O)CC)c1cc(Cl)ccc1Br. The lowest BCUT2D eigenvalue weighted by atomic mass is 10.0. The third-order valence-corrected chi connectivity index (χ3v) is 5.92. The predicted molar refractivity (Wildman–Crippen MR) is 89.1 cm³/mol. The van der Waals surface area contributed by atoms with Crippen molar-refractivity contribution in [1.29, 1.82) is 0 Å². The van der Waals surface area contributed by atoms with Gasteiger partial charge in [0.05, 0.1) is 5.75 Å². The van der Waals surface area contributed by atoms with E-state index in [1.165, 1.54) is 0 Å². The van der Waals surface area contributed by atoms with Crippen molar-refractivity contribution in [3.63, 3.8) is 0 Å². The summed E-state index contributed by atoms with van der Waals surface area (Å²) in [7, 11) is -2.90. The molecule has 1 aromatic carbocycles. The fourth-order valence-corrected chi connectivity index (χ4v) is 3.65. The Morgan fingerprint density at radius 3 is 2.65 bits per heavy atom.